The van der Waals surface area contributed by atoms with Gasteiger partial charge in [0.2, 0.25) is 15.9 Å². The fourth-order valence-corrected chi connectivity index (χ4v) is 7.51. The molecule has 0 N–H and O–H groups in total. The summed E-state index contributed by atoms with van der Waals surface area (Å²) in [5.41, 5.74) is 2.18. The molecule has 0 bridgehead atoms. The first kappa shape index (κ1) is 23.7. The van der Waals surface area contributed by atoms with Crippen LogP contribution in [0.2, 0.25) is 0 Å². The van der Waals surface area contributed by atoms with Gasteiger partial charge in [0.15, 0.2) is 0 Å². The van der Waals surface area contributed by atoms with Crippen molar-refractivity contribution in [3.8, 4) is 0 Å². The first-order valence-corrected chi connectivity index (χ1v) is 14.2. The Labute approximate surface area is 210 Å². The molecule has 7 heteroatoms. The lowest BCUT2D eigenvalue weighted by Crippen LogP contribution is -2.46. The van der Waals surface area contributed by atoms with Gasteiger partial charge in [-0.2, -0.15) is 4.31 Å². The van der Waals surface area contributed by atoms with Crippen LogP contribution < -0.4 is 0 Å². The van der Waals surface area contributed by atoms with Crippen molar-refractivity contribution >= 4 is 38.0 Å². The molecule has 1 aliphatic rings. The van der Waals surface area contributed by atoms with E-state index in [2.05, 4.69) is 11.4 Å². The van der Waals surface area contributed by atoms with E-state index in [9.17, 15) is 13.2 Å². The average molecular weight is 505 g/mol. The summed E-state index contributed by atoms with van der Waals surface area (Å²) < 4.78 is 29.0. The van der Waals surface area contributed by atoms with Gasteiger partial charge in [0.25, 0.3) is 0 Å². The first-order valence-electron chi connectivity index (χ1n) is 11.9. The molecular weight excluding hydrogens is 476 g/mol. The number of hydrogen-bond donors (Lipinski definition) is 0. The maximum absolute atomic E-state index is 13.8. The van der Waals surface area contributed by atoms with Crippen molar-refractivity contribution in [1.82, 2.24) is 9.21 Å². The van der Waals surface area contributed by atoms with Crippen molar-refractivity contribution < 1.29 is 13.2 Å². The fraction of sp³-hybridized carbons (Fsp3) is 0.250. The summed E-state index contributed by atoms with van der Waals surface area (Å²) >= 11 is 1.72. The van der Waals surface area contributed by atoms with Crippen LogP contribution in [-0.2, 0) is 21.2 Å². The highest BCUT2D eigenvalue weighted by atomic mass is 32.2. The van der Waals surface area contributed by atoms with Gasteiger partial charge in [-0.25, -0.2) is 8.42 Å². The summed E-state index contributed by atoms with van der Waals surface area (Å²) in [7, 11) is -3.87. The van der Waals surface area contributed by atoms with E-state index in [1.54, 1.807) is 23.5 Å². The number of carbonyl (C=O) groups is 1. The molecule has 3 aromatic carbocycles. The molecule has 0 saturated carbocycles. The minimum Gasteiger partial charge on any atom is -0.330 e. The van der Waals surface area contributed by atoms with Gasteiger partial charge >= 0.3 is 0 Å². The molecule has 0 saturated heterocycles. The van der Waals surface area contributed by atoms with Crippen LogP contribution in [0.5, 0.6) is 0 Å². The standard InChI is InChI=1S/C28H28N2O3S2/c1-2-17-29(35(32,33)26-14-8-12-21-9-6-7-13-23(21)26)20-27(31)30-18-15-25-24(16-19-34-25)28(30)22-10-4-3-5-11-22/h3-14,16,19,28H,2,15,17-18,20H2,1H3/t28-/m0/s1. The van der Waals surface area contributed by atoms with Crippen molar-refractivity contribution in [2.45, 2.75) is 30.7 Å². The molecule has 35 heavy (non-hydrogen) atoms. The van der Waals surface area contributed by atoms with Gasteiger partial charge in [0.05, 0.1) is 17.5 Å². The number of sulfonamides is 1. The van der Waals surface area contributed by atoms with Crippen LogP contribution >= 0.6 is 11.3 Å². The summed E-state index contributed by atoms with van der Waals surface area (Å²) in [5.74, 6) is -0.173. The number of carbonyl (C=O) groups excluding carboxylic acids is 1. The number of hydrogen-bond acceptors (Lipinski definition) is 4. The Hall–Kier alpha value is -3.00. The SMILES string of the molecule is CCCN(CC(=O)N1CCc2sccc2[C@@H]1c1ccccc1)S(=O)(=O)c1cccc2ccccc12. The molecule has 1 amide bonds. The van der Waals surface area contributed by atoms with E-state index in [4.69, 9.17) is 0 Å². The lowest BCUT2D eigenvalue weighted by molar-refractivity contribution is -0.133. The Balaban J connectivity index is 1.49. The van der Waals surface area contributed by atoms with E-state index >= 15 is 0 Å². The Morgan fingerprint density at radius 1 is 1.00 bits per heavy atom. The Morgan fingerprint density at radius 3 is 2.54 bits per heavy atom. The highest BCUT2D eigenvalue weighted by molar-refractivity contribution is 7.89. The van der Waals surface area contributed by atoms with Crippen LogP contribution in [0.4, 0.5) is 0 Å². The number of benzene rings is 3. The molecule has 0 unspecified atom stereocenters. The largest absolute Gasteiger partial charge is 0.330 e. The lowest BCUT2D eigenvalue weighted by atomic mass is 9.93. The molecular formula is C28H28N2O3S2. The second-order valence-corrected chi connectivity index (χ2v) is 11.7. The zero-order valence-electron chi connectivity index (χ0n) is 19.6. The molecule has 0 radical (unpaired) electrons. The van der Waals surface area contributed by atoms with Crippen LogP contribution in [0.15, 0.2) is 89.1 Å². The van der Waals surface area contributed by atoms with Crippen LogP contribution in [0, 0.1) is 0 Å². The molecule has 1 aliphatic heterocycles. The van der Waals surface area contributed by atoms with Gasteiger partial charge in [-0.1, -0.05) is 73.7 Å². The number of thiophene rings is 1. The van der Waals surface area contributed by atoms with E-state index in [1.165, 1.54) is 9.18 Å². The minimum absolute atomic E-state index is 0.173. The quantitative estimate of drug-likeness (QED) is 0.335. The third-order valence-corrected chi connectivity index (χ3v) is 9.45. The van der Waals surface area contributed by atoms with E-state index in [1.807, 2.05) is 72.5 Å². The normalized spacial score (nSPS) is 15.9. The predicted molar refractivity (Wildman–Crippen MR) is 141 cm³/mol. The smallest absolute Gasteiger partial charge is 0.244 e. The Bertz CT molecular complexity index is 1440. The van der Waals surface area contributed by atoms with Crippen molar-refractivity contribution in [3.63, 3.8) is 0 Å². The summed E-state index contributed by atoms with van der Waals surface area (Å²) in [6.07, 6.45) is 1.40. The molecule has 0 spiro atoms. The van der Waals surface area contributed by atoms with Crippen LogP contribution in [-0.4, -0.2) is 43.2 Å². The average Bonchev–Trinajstić information content (AvgIpc) is 3.37. The molecule has 1 aromatic heterocycles. The van der Waals surface area contributed by atoms with Gasteiger partial charge in [0.1, 0.15) is 0 Å². The van der Waals surface area contributed by atoms with Crippen molar-refractivity contribution in [2.75, 3.05) is 19.6 Å². The maximum Gasteiger partial charge on any atom is 0.244 e. The summed E-state index contributed by atoms with van der Waals surface area (Å²) in [6, 6.07) is 24.6. The van der Waals surface area contributed by atoms with Gasteiger partial charge in [-0.3, -0.25) is 4.79 Å². The maximum atomic E-state index is 13.8. The Kier molecular flexibility index (Phi) is 6.73. The predicted octanol–water partition coefficient (Wildman–Crippen LogP) is 5.48. The second kappa shape index (κ2) is 9.93. The number of nitrogens with zero attached hydrogens (tertiary/aromatic N) is 2. The van der Waals surface area contributed by atoms with E-state index < -0.39 is 10.0 Å². The Morgan fingerprint density at radius 2 is 1.74 bits per heavy atom. The zero-order chi connectivity index (χ0) is 24.4. The molecule has 2 heterocycles. The van der Waals surface area contributed by atoms with Crippen molar-refractivity contribution in [2.24, 2.45) is 0 Å². The van der Waals surface area contributed by atoms with Crippen LogP contribution in [0.25, 0.3) is 10.8 Å². The van der Waals surface area contributed by atoms with Crippen molar-refractivity contribution in [3.05, 3.63) is 100 Å². The summed E-state index contributed by atoms with van der Waals surface area (Å²) in [5, 5.41) is 3.61. The monoisotopic (exact) mass is 504 g/mol. The first-order chi connectivity index (χ1) is 17.0. The van der Waals surface area contributed by atoms with Gasteiger partial charge < -0.3 is 4.90 Å². The van der Waals surface area contributed by atoms with Gasteiger partial charge in [-0.15, -0.1) is 11.3 Å². The van der Waals surface area contributed by atoms with Crippen molar-refractivity contribution in [1.29, 1.82) is 0 Å². The number of fused-ring (bicyclic) bond motifs is 2. The minimum atomic E-state index is -3.87. The van der Waals surface area contributed by atoms with Crippen LogP contribution in [0.1, 0.15) is 35.4 Å². The summed E-state index contributed by atoms with van der Waals surface area (Å²) in [6.45, 7) is 2.61. The number of amides is 1. The third-order valence-electron chi connectivity index (χ3n) is 6.55. The van der Waals surface area contributed by atoms with Gasteiger partial charge in [0, 0.05) is 23.4 Å². The lowest BCUT2D eigenvalue weighted by Gasteiger charge is -2.37. The van der Waals surface area contributed by atoms with E-state index in [0.717, 1.165) is 22.9 Å². The molecule has 5 rings (SSSR count). The third kappa shape index (κ3) is 4.51. The topological polar surface area (TPSA) is 57.7 Å². The molecule has 1 atom stereocenters. The summed E-state index contributed by atoms with van der Waals surface area (Å²) in [4.78, 5) is 17.2. The fourth-order valence-electron chi connectivity index (χ4n) is 4.91. The molecule has 0 fully saturated rings. The van der Waals surface area contributed by atoms with E-state index in [0.29, 0.717) is 18.4 Å². The highest BCUT2D eigenvalue weighted by Gasteiger charge is 2.35. The highest BCUT2D eigenvalue weighted by Crippen LogP contribution is 2.38. The molecule has 5 nitrogen and oxygen atoms in total. The number of rotatable bonds is 7. The molecule has 0 aliphatic carbocycles. The van der Waals surface area contributed by atoms with E-state index in [-0.39, 0.29) is 29.9 Å². The molecule has 180 valence electrons. The van der Waals surface area contributed by atoms with Crippen LogP contribution in [0.3, 0.4) is 0 Å². The van der Waals surface area contributed by atoms with Gasteiger partial charge in [-0.05, 0) is 46.9 Å². The second-order valence-electron chi connectivity index (χ2n) is 8.77. The zero-order valence-corrected chi connectivity index (χ0v) is 21.3. The molecule has 4 aromatic rings.